The van der Waals surface area contributed by atoms with Crippen molar-refractivity contribution in [2.45, 2.75) is 37.2 Å². The number of benzene rings is 2. The minimum absolute atomic E-state index is 0.0967. The van der Waals surface area contributed by atoms with E-state index in [1.165, 1.54) is 33.1 Å². The van der Waals surface area contributed by atoms with Crippen LogP contribution in [0, 0.1) is 6.92 Å². The Hall–Kier alpha value is -2.80. The average Bonchev–Trinajstić information content (AvgIpc) is 3.08. The molecule has 0 aliphatic carbocycles. The van der Waals surface area contributed by atoms with E-state index in [0.717, 1.165) is 18.5 Å². The first-order valence-electron chi connectivity index (χ1n) is 9.32. The van der Waals surface area contributed by atoms with Gasteiger partial charge in [0.15, 0.2) is 5.82 Å². The van der Waals surface area contributed by atoms with Crippen LogP contribution in [0.4, 0.5) is 0 Å². The van der Waals surface area contributed by atoms with Crippen LogP contribution < -0.4 is 5.84 Å². The number of aromatic nitrogens is 3. The third kappa shape index (κ3) is 3.62. The van der Waals surface area contributed by atoms with Crippen molar-refractivity contribution >= 4 is 17.7 Å². The largest absolute Gasteiger partial charge is 0.337 e. The number of hydrogen-bond donors (Lipinski definition) is 1. The number of fused-ring (bicyclic) bond motifs is 1. The Morgan fingerprint density at radius 1 is 1.11 bits per heavy atom. The summed E-state index contributed by atoms with van der Waals surface area (Å²) in [5.41, 5.74) is 4.63. The Kier molecular flexibility index (Phi) is 5.09. The third-order valence-corrected chi connectivity index (χ3v) is 6.09. The van der Waals surface area contributed by atoms with E-state index in [1.807, 2.05) is 49.1 Å². The summed E-state index contributed by atoms with van der Waals surface area (Å²) in [6.07, 6.45) is 0.893. The van der Waals surface area contributed by atoms with Gasteiger partial charge in [0.05, 0.1) is 5.25 Å². The van der Waals surface area contributed by atoms with Crippen LogP contribution in [-0.2, 0) is 17.8 Å². The summed E-state index contributed by atoms with van der Waals surface area (Å²) in [7, 11) is 0. The van der Waals surface area contributed by atoms with Crippen LogP contribution in [0.2, 0.25) is 0 Å². The monoisotopic (exact) mass is 393 g/mol. The maximum absolute atomic E-state index is 12.9. The molecule has 1 aromatic heterocycles. The average molecular weight is 394 g/mol. The van der Waals surface area contributed by atoms with Crippen molar-refractivity contribution in [1.29, 1.82) is 0 Å². The summed E-state index contributed by atoms with van der Waals surface area (Å²) < 4.78 is 1.46. The summed E-state index contributed by atoms with van der Waals surface area (Å²) in [4.78, 5) is 14.9. The fraction of sp³-hybridized carbons (Fsp3) is 0.286. The maximum Gasteiger partial charge on any atom is 0.236 e. The van der Waals surface area contributed by atoms with Gasteiger partial charge < -0.3 is 10.7 Å². The zero-order valence-corrected chi connectivity index (χ0v) is 16.8. The first-order chi connectivity index (χ1) is 13.5. The summed E-state index contributed by atoms with van der Waals surface area (Å²) in [6, 6.07) is 16.3. The molecule has 3 aromatic rings. The molecule has 2 N–H and O–H groups in total. The van der Waals surface area contributed by atoms with Crippen LogP contribution in [0.5, 0.6) is 0 Å². The molecule has 2 aromatic carbocycles. The van der Waals surface area contributed by atoms with E-state index in [-0.39, 0.29) is 11.2 Å². The van der Waals surface area contributed by atoms with Crippen molar-refractivity contribution in [3.63, 3.8) is 0 Å². The van der Waals surface area contributed by atoms with Crippen LogP contribution in [0.3, 0.4) is 0 Å². The highest BCUT2D eigenvalue weighted by Crippen LogP contribution is 2.27. The van der Waals surface area contributed by atoms with E-state index in [2.05, 4.69) is 28.4 Å². The standard InChI is InChI=1S/C21H23N5OS/c1-14-7-9-17(10-8-14)19-23-24-21(26(19)22)28-15(2)20(27)25-12-11-16-5-3-4-6-18(16)13-25/h3-10,15H,11-13,22H2,1-2H3. The van der Waals surface area contributed by atoms with E-state index in [4.69, 9.17) is 5.84 Å². The molecule has 4 rings (SSSR count). The second-order valence-electron chi connectivity index (χ2n) is 7.08. The number of hydrogen-bond acceptors (Lipinski definition) is 5. The van der Waals surface area contributed by atoms with Crippen molar-refractivity contribution in [2.24, 2.45) is 0 Å². The van der Waals surface area contributed by atoms with Gasteiger partial charge in [-0.25, -0.2) is 4.68 Å². The number of nitrogens with zero attached hydrogens (tertiary/aromatic N) is 4. The number of rotatable bonds is 4. The molecule has 0 bridgehead atoms. The fourth-order valence-corrected chi connectivity index (χ4v) is 4.26. The van der Waals surface area contributed by atoms with Gasteiger partial charge in [0.2, 0.25) is 11.1 Å². The molecule has 0 spiro atoms. The fourth-order valence-electron chi connectivity index (χ4n) is 3.41. The predicted octanol–water partition coefficient (Wildman–Crippen LogP) is 3.03. The van der Waals surface area contributed by atoms with Crippen molar-refractivity contribution in [3.8, 4) is 11.4 Å². The lowest BCUT2D eigenvalue weighted by Gasteiger charge is -2.30. The smallest absolute Gasteiger partial charge is 0.236 e. The van der Waals surface area contributed by atoms with Crippen molar-refractivity contribution in [2.75, 3.05) is 12.4 Å². The van der Waals surface area contributed by atoms with E-state index < -0.39 is 0 Å². The molecule has 6 nitrogen and oxygen atoms in total. The van der Waals surface area contributed by atoms with Gasteiger partial charge in [-0.3, -0.25) is 4.79 Å². The zero-order chi connectivity index (χ0) is 19.7. The Bertz CT molecular complexity index is 998. The first kappa shape index (κ1) is 18.6. The molecule has 28 heavy (non-hydrogen) atoms. The Labute approximate surface area is 168 Å². The van der Waals surface area contributed by atoms with Crippen LogP contribution in [0.15, 0.2) is 53.7 Å². The van der Waals surface area contributed by atoms with E-state index in [9.17, 15) is 4.79 Å². The molecule has 2 heterocycles. The van der Waals surface area contributed by atoms with Gasteiger partial charge in [-0.2, -0.15) is 0 Å². The molecule has 1 aliphatic heterocycles. The molecule has 7 heteroatoms. The highest BCUT2D eigenvalue weighted by Gasteiger charge is 2.27. The normalized spacial score (nSPS) is 14.6. The Morgan fingerprint density at radius 3 is 2.57 bits per heavy atom. The number of nitrogens with two attached hydrogens (primary N) is 1. The van der Waals surface area contributed by atoms with E-state index >= 15 is 0 Å². The summed E-state index contributed by atoms with van der Waals surface area (Å²) in [5.74, 6) is 6.90. The van der Waals surface area contributed by atoms with Gasteiger partial charge in [-0.15, -0.1) is 10.2 Å². The number of amides is 1. The number of carbonyl (C=O) groups excluding carboxylic acids is 1. The molecule has 0 saturated heterocycles. The molecule has 144 valence electrons. The zero-order valence-electron chi connectivity index (χ0n) is 16.0. The number of nitrogen functional groups attached to an aromatic ring is 1. The molecule has 1 amide bonds. The topological polar surface area (TPSA) is 77.0 Å². The maximum atomic E-state index is 12.9. The first-order valence-corrected chi connectivity index (χ1v) is 10.2. The van der Waals surface area contributed by atoms with Crippen LogP contribution in [0.1, 0.15) is 23.6 Å². The quantitative estimate of drug-likeness (QED) is 0.545. The Morgan fingerprint density at radius 2 is 1.82 bits per heavy atom. The molecule has 1 atom stereocenters. The summed E-state index contributed by atoms with van der Waals surface area (Å²) >= 11 is 1.35. The van der Waals surface area contributed by atoms with Crippen molar-refractivity contribution in [1.82, 2.24) is 19.8 Å². The van der Waals surface area contributed by atoms with Gasteiger partial charge in [-0.1, -0.05) is 65.9 Å². The second kappa shape index (κ2) is 7.67. The molecule has 1 unspecified atom stereocenters. The lowest BCUT2D eigenvalue weighted by atomic mass is 10.00. The van der Waals surface area contributed by atoms with Crippen LogP contribution >= 0.6 is 11.8 Å². The molecule has 0 fully saturated rings. The van der Waals surface area contributed by atoms with E-state index in [1.54, 1.807) is 0 Å². The van der Waals surface area contributed by atoms with Gasteiger partial charge in [-0.05, 0) is 31.4 Å². The third-order valence-electron chi connectivity index (χ3n) is 5.05. The lowest BCUT2D eigenvalue weighted by molar-refractivity contribution is -0.131. The SMILES string of the molecule is Cc1ccc(-c2nnc(SC(C)C(=O)N3CCc4ccccc4C3)n2N)cc1. The molecule has 0 radical (unpaired) electrons. The molecule has 0 saturated carbocycles. The summed E-state index contributed by atoms with van der Waals surface area (Å²) in [5, 5.41) is 8.66. The minimum Gasteiger partial charge on any atom is -0.337 e. The van der Waals surface area contributed by atoms with Crippen LogP contribution in [0.25, 0.3) is 11.4 Å². The van der Waals surface area contributed by atoms with Crippen LogP contribution in [-0.4, -0.2) is 37.5 Å². The van der Waals surface area contributed by atoms with Gasteiger partial charge in [0.25, 0.3) is 0 Å². The van der Waals surface area contributed by atoms with Gasteiger partial charge >= 0.3 is 0 Å². The molecular formula is C21H23N5OS. The lowest BCUT2D eigenvalue weighted by Crippen LogP contribution is -2.40. The van der Waals surface area contributed by atoms with Crippen molar-refractivity contribution < 1.29 is 4.79 Å². The number of carbonyl (C=O) groups is 1. The number of thioether (sulfide) groups is 1. The molecule has 1 aliphatic rings. The van der Waals surface area contributed by atoms with E-state index in [0.29, 0.717) is 17.5 Å². The predicted molar refractivity (Wildman–Crippen MR) is 111 cm³/mol. The van der Waals surface area contributed by atoms with Crippen molar-refractivity contribution in [3.05, 3.63) is 65.2 Å². The highest BCUT2D eigenvalue weighted by molar-refractivity contribution is 8.00. The minimum atomic E-state index is -0.289. The highest BCUT2D eigenvalue weighted by atomic mass is 32.2. The Balaban J connectivity index is 1.46. The van der Waals surface area contributed by atoms with Gasteiger partial charge in [0.1, 0.15) is 0 Å². The second-order valence-corrected chi connectivity index (χ2v) is 8.39. The summed E-state index contributed by atoms with van der Waals surface area (Å²) in [6.45, 7) is 5.33. The number of aryl methyl sites for hydroxylation is 1. The molecular weight excluding hydrogens is 370 g/mol. The van der Waals surface area contributed by atoms with Gasteiger partial charge in [0, 0.05) is 18.7 Å².